The summed E-state index contributed by atoms with van der Waals surface area (Å²) in [4.78, 5) is 41.6. The van der Waals surface area contributed by atoms with Crippen LogP contribution in [0.1, 0.15) is 45.4 Å². The summed E-state index contributed by atoms with van der Waals surface area (Å²) < 4.78 is 3.00. The van der Waals surface area contributed by atoms with E-state index in [1.807, 2.05) is 9.80 Å². The molecule has 0 bridgehead atoms. The van der Waals surface area contributed by atoms with E-state index in [0.717, 1.165) is 38.2 Å². The van der Waals surface area contributed by atoms with Crippen molar-refractivity contribution in [3.05, 3.63) is 16.3 Å². The highest BCUT2D eigenvalue weighted by Crippen LogP contribution is 2.41. The number of carbonyl (C=O) groups excluding carboxylic acids is 2. The number of amides is 2. The van der Waals surface area contributed by atoms with Gasteiger partial charge in [0, 0.05) is 58.0 Å². The molecule has 3 aliphatic heterocycles. The minimum Gasteiger partial charge on any atom is -0.342 e. The van der Waals surface area contributed by atoms with Crippen molar-refractivity contribution in [3.63, 3.8) is 0 Å². The third-order valence-electron chi connectivity index (χ3n) is 6.68. The van der Waals surface area contributed by atoms with Crippen molar-refractivity contribution >= 4 is 11.8 Å². The van der Waals surface area contributed by atoms with Crippen LogP contribution in [0.2, 0.25) is 0 Å². The summed E-state index contributed by atoms with van der Waals surface area (Å²) in [5, 5.41) is 4.25. The Bertz CT molecular complexity index is 831. The van der Waals surface area contributed by atoms with Gasteiger partial charge >= 0.3 is 5.69 Å². The lowest BCUT2D eigenvalue weighted by Gasteiger charge is -2.40. The highest BCUT2D eigenvalue weighted by atomic mass is 16.2. The van der Waals surface area contributed by atoms with Crippen LogP contribution < -0.4 is 5.69 Å². The number of hydrogen-bond donors (Lipinski definition) is 0. The van der Waals surface area contributed by atoms with Crippen molar-refractivity contribution in [2.24, 2.45) is 24.3 Å². The maximum Gasteiger partial charge on any atom is 0.345 e. The Morgan fingerprint density at radius 2 is 1.96 bits per heavy atom. The lowest BCUT2D eigenvalue weighted by molar-refractivity contribution is -0.138. The van der Waals surface area contributed by atoms with E-state index in [1.54, 1.807) is 11.6 Å². The number of piperidine rings is 1. The summed E-state index contributed by atoms with van der Waals surface area (Å²) in [6.45, 7) is 7.81. The number of likely N-dealkylation sites (tertiary alicyclic amines) is 2. The van der Waals surface area contributed by atoms with Crippen LogP contribution in [0.3, 0.4) is 0 Å². The van der Waals surface area contributed by atoms with Gasteiger partial charge in [0.15, 0.2) is 0 Å². The van der Waals surface area contributed by atoms with Gasteiger partial charge in [-0.15, -0.1) is 0 Å². The second-order valence-corrected chi connectivity index (χ2v) is 9.34. The average Bonchev–Trinajstić information content (AvgIpc) is 3.10. The first kappa shape index (κ1) is 19.2. The van der Waals surface area contributed by atoms with Gasteiger partial charge in [0.1, 0.15) is 5.82 Å². The zero-order valence-corrected chi connectivity index (χ0v) is 17.2. The van der Waals surface area contributed by atoms with E-state index in [2.05, 4.69) is 18.9 Å². The fourth-order valence-corrected chi connectivity index (χ4v) is 5.12. The molecule has 4 heterocycles. The smallest absolute Gasteiger partial charge is 0.342 e. The second-order valence-electron chi connectivity index (χ2n) is 9.34. The SMILES string of the molecule is CC(C)CN1CC2(CCN(C(=O)[C@@H]3CCc4nn(C)c(=O)n4C3)CC2)CC1=O. The fraction of sp³-hybridized carbons (Fsp3) is 0.800. The third kappa shape index (κ3) is 3.37. The molecule has 0 aliphatic carbocycles. The van der Waals surface area contributed by atoms with Gasteiger partial charge in [-0.05, 0) is 25.2 Å². The summed E-state index contributed by atoms with van der Waals surface area (Å²) >= 11 is 0. The summed E-state index contributed by atoms with van der Waals surface area (Å²) in [6.07, 6.45) is 3.83. The molecule has 1 spiro atoms. The highest BCUT2D eigenvalue weighted by Gasteiger charge is 2.46. The Kier molecular flexibility index (Phi) is 4.83. The summed E-state index contributed by atoms with van der Waals surface area (Å²) in [5.41, 5.74) is -0.0946. The second kappa shape index (κ2) is 7.04. The first-order valence-electron chi connectivity index (χ1n) is 10.5. The Hall–Kier alpha value is -2.12. The molecule has 28 heavy (non-hydrogen) atoms. The molecule has 1 atom stereocenters. The molecule has 0 saturated carbocycles. The summed E-state index contributed by atoms with van der Waals surface area (Å²) in [5.74, 6) is 1.53. The van der Waals surface area contributed by atoms with Crippen LogP contribution >= 0.6 is 0 Å². The normalized spacial score (nSPS) is 24.3. The molecular formula is C20H31N5O3. The van der Waals surface area contributed by atoms with E-state index < -0.39 is 0 Å². The number of aromatic nitrogens is 3. The standard InChI is InChI=1S/C20H31N5O3/c1-14(2)11-24-13-20(10-17(24)26)6-8-23(9-7-20)18(27)15-4-5-16-21-22(3)19(28)25(16)12-15/h14-15H,4-13H2,1-3H3/t15-/m1/s1. The van der Waals surface area contributed by atoms with Crippen LogP contribution in [0.5, 0.6) is 0 Å². The molecule has 8 heteroatoms. The minimum absolute atomic E-state index is 0.0444. The Morgan fingerprint density at radius 3 is 2.64 bits per heavy atom. The van der Waals surface area contributed by atoms with Gasteiger partial charge < -0.3 is 9.80 Å². The summed E-state index contributed by atoms with van der Waals surface area (Å²) in [6, 6.07) is 0. The third-order valence-corrected chi connectivity index (χ3v) is 6.68. The first-order valence-corrected chi connectivity index (χ1v) is 10.5. The molecule has 2 fully saturated rings. The molecule has 154 valence electrons. The van der Waals surface area contributed by atoms with Gasteiger partial charge in [0.05, 0.1) is 5.92 Å². The van der Waals surface area contributed by atoms with Crippen LogP contribution in [-0.2, 0) is 29.6 Å². The van der Waals surface area contributed by atoms with Gasteiger partial charge in [-0.25, -0.2) is 9.48 Å². The molecule has 0 aromatic carbocycles. The molecule has 1 aromatic rings. The average molecular weight is 390 g/mol. The largest absolute Gasteiger partial charge is 0.345 e. The van der Waals surface area contributed by atoms with Gasteiger partial charge in [0.2, 0.25) is 11.8 Å². The molecule has 1 aromatic heterocycles. The topological polar surface area (TPSA) is 80.4 Å². The quantitative estimate of drug-likeness (QED) is 0.760. The van der Waals surface area contributed by atoms with E-state index in [9.17, 15) is 14.4 Å². The van der Waals surface area contributed by atoms with Crippen molar-refractivity contribution in [3.8, 4) is 0 Å². The van der Waals surface area contributed by atoms with Crippen LogP contribution in [0.4, 0.5) is 0 Å². The molecule has 8 nitrogen and oxygen atoms in total. The van der Waals surface area contributed by atoms with E-state index >= 15 is 0 Å². The van der Waals surface area contributed by atoms with Crippen LogP contribution in [0, 0.1) is 17.3 Å². The number of hydrogen-bond acceptors (Lipinski definition) is 4. The Balaban J connectivity index is 1.37. The molecule has 2 saturated heterocycles. The number of carbonyl (C=O) groups is 2. The zero-order valence-electron chi connectivity index (χ0n) is 17.2. The van der Waals surface area contributed by atoms with E-state index in [1.165, 1.54) is 4.68 Å². The highest BCUT2D eigenvalue weighted by molar-refractivity contribution is 5.80. The van der Waals surface area contributed by atoms with Gasteiger partial charge in [-0.2, -0.15) is 5.10 Å². The Morgan fingerprint density at radius 1 is 1.25 bits per heavy atom. The number of fused-ring (bicyclic) bond motifs is 1. The van der Waals surface area contributed by atoms with Gasteiger partial charge in [-0.1, -0.05) is 13.8 Å². The van der Waals surface area contributed by atoms with E-state index in [-0.39, 0.29) is 28.8 Å². The first-order chi connectivity index (χ1) is 13.3. The number of aryl methyl sites for hydroxylation is 2. The zero-order chi connectivity index (χ0) is 20.1. The van der Waals surface area contributed by atoms with Crippen LogP contribution in [0.25, 0.3) is 0 Å². The molecular weight excluding hydrogens is 358 g/mol. The van der Waals surface area contributed by atoms with Crippen molar-refractivity contribution in [2.75, 3.05) is 26.2 Å². The minimum atomic E-state index is -0.147. The lowest BCUT2D eigenvalue weighted by Crippen LogP contribution is -2.48. The van der Waals surface area contributed by atoms with Crippen molar-refractivity contribution in [1.82, 2.24) is 24.1 Å². The maximum absolute atomic E-state index is 13.1. The molecule has 3 aliphatic rings. The van der Waals surface area contributed by atoms with Crippen LogP contribution in [0.15, 0.2) is 4.79 Å². The van der Waals surface area contributed by atoms with Crippen molar-refractivity contribution in [1.29, 1.82) is 0 Å². The van der Waals surface area contributed by atoms with E-state index in [4.69, 9.17) is 0 Å². The van der Waals surface area contributed by atoms with Gasteiger partial charge in [0.25, 0.3) is 0 Å². The summed E-state index contributed by atoms with van der Waals surface area (Å²) in [7, 11) is 1.65. The molecule has 0 radical (unpaired) electrons. The monoisotopic (exact) mass is 389 g/mol. The van der Waals surface area contributed by atoms with Gasteiger partial charge in [-0.3, -0.25) is 14.2 Å². The van der Waals surface area contributed by atoms with E-state index in [0.29, 0.717) is 38.4 Å². The molecule has 2 amide bonds. The van der Waals surface area contributed by atoms with Crippen LogP contribution in [-0.4, -0.2) is 62.1 Å². The number of nitrogens with zero attached hydrogens (tertiary/aromatic N) is 5. The lowest BCUT2D eigenvalue weighted by atomic mass is 9.77. The number of rotatable bonds is 3. The van der Waals surface area contributed by atoms with Crippen molar-refractivity contribution < 1.29 is 9.59 Å². The predicted octanol–water partition coefficient (Wildman–Crippen LogP) is 0.641. The molecule has 0 N–H and O–H groups in total. The fourth-order valence-electron chi connectivity index (χ4n) is 5.12. The molecule has 4 rings (SSSR count). The molecule has 0 unspecified atom stereocenters. The maximum atomic E-state index is 13.1. The predicted molar refractivity (Wildman–Crippen MR) is 104 cm³/mol. The van der Waals surface area contributed by atoms with Crippen molar-refractivity contribution in [2.45, 2.75) is 52.5 Å². The Labute approximate surface area is 165 Å².